The van der Waals surface area contributed by atoms with E-state index in [1.54, 1.807) is 0 Å². The SMILES string of the molecule is C=C(N/C(C)=C\C)C(C)C.O.[HH]. The van der Waals surface area contributed by atoms with E-state index in [-0.39, 0.29) is 6.90 Å². The Morgan fingerprint density at radius 3 is 2.27 bits per heavy atom. The van der Waals surface area contributed by atoms with Crippen LogP contribution in [0.1, 0.15) is 29.1 Å². The highest BCUT2D eigenvalue weighted by molar-refractivity contribution is 5.06. The second-order valence-electron chi connectivity index (χ2n) is 2.78. The quantitative estimate of drug-likeness (QED) is 0.673. The second-order valence-corrected chi connectivity index (χ2v) is 2.78. The fraction of sp³-hybridized carbons (Fsp3) is 0.556. The third-order valence-electron chi connectivity index (χ3n) is 1.49. The molecule has 0 spiro atoms. The molecule has 0 saturated carbocycles. The first-order valence-electron chi connectivity index (χ1n) is 3.66. The summed E-state index contributed by atoms with van der Waals surface area (Å²) >= 11 is 0. The Kier molecular flexibility index (Phi) is 7.00. The molecule has 0 rings (SSSR count). The van der Waals surface area contributed by atoms with Gasteiger partial charge in [-0.3, -0.25) is 0 Å². The Morgan fingerprint density at radius 1 is 1.55 bits per heavy atom. The average Bonchev–Trinajstić information content (AvgIpc) is 1.87. The molecule has 0 aliphatic heterocycles. The van der Waals surface area contributed by atoms with Crippen LogP contribution in [0.2, 0.25) is 0 Å². The zero-order valence-electron chi connectivity index (χ0n) is 7.86. The third kappa shape index (κ3) is 5.67. The van der Waals surface area contributed by atoms with E-state index >= 15 is 0 Å². The van der Waals surface area contributed by atoms with Gasteiger partial charge in [0.2, 0.25) is 0 Å². The van der Waals surface area contributed by atoms with Crippen LogP contribution in [-0.4, -0.2) is 5.48 Å². The van der Waals surface area contributed by atoms with Crippen molar-refractivity contribution in [3.63, 3.8) is 0 Å². The maximum atomic E-state index is 3.89. The molecule has 0 bridgehead atoms. The smallest absolute Gasteiger partial charge is 0.0101 e. The first-order chi connectivity index (χ1) is 4.57. The summed E-state index contributed by atoms with van der Waals surface area (Å²) in [5, 5.41) is 3.20. The molecule has 0 aromatic carbocycles. The Labute approximate surface area is 70.8 Å². The molecule has 3 N–H and O–H groups in total. The van der Waals surface area contributed by atoms with Gasteiger partial charge in [0, 0.05) is 12.8 Å². The normalized spacial score (nSPS) is 10.8. The van der Waals surface area contributed by atoms with Crippen molar-refractivity contribution in [3.8, 4) is 0 Å². The predicted octanol–water partition coefficient (Wildman–Crippen LogP) is 2.09. The van der Waals surface area contributed by atoms with Crippen molar-refractivity contribution in [2.24, 2.45) is 5.92 Å². The van der Waals surface area contributed by atoms with Gasteiger partial charge in [0.1, 0.15) is 0 Å². The van der Waals surface area contributed by atoms with Crippen LogP contribution in [-0.2, 0) is 0 Å². The third-order valence-corrected chi connectivity index (χ3v) is 1.49. The molecule has 2 nitrogen and oxygen atoms in total. The lowest BCUT2D eigenvalue weighted by molar-refractivity contribution is 0.703. The van der Waals surface area contributed by atoms with Gasteiger partial charge in [-0.05, 0) is 19.8 Å². The molecule has 0 fully saturated rings. The summed E-state index contributed by atoms with van der Waals surface area (Å²) in [5.74, 6) is 0.509. The molecular formula is C9H21NO. The van der Waals surface area contributed by atoms with E-state index in [1.807, 2.05) is 19.9 Å². The summed E-state index contributed by atoms with van der Waals surface area (Å²) in [5.41, 5.74) is 2.24. The van der Waals surface area contributed by atoms with Gasteiger partial charge in [0.25, 0.3) is 0 Å². The average molecular weight is 159 g/mol. The van der Waals surface area contributed by atoms with Gasteiger partial charge in [-0.2, -0.15) is 0 Å². The summed E-state index contributed by atoms with van der Waals surface area (Å²) in [4.78, 5) is 0. The van der Waals surface area contributed by atoms with E-state index in [9.17, 15) is 0 Å². The molecule has 0 radical (unpaired) electrons. The zero-order valence-corrected chi connectivity index (χ0v) is 7.86. The van der Waals surface area contributed by atoms with Crippen LogP contribution in [0, 0.1) is 5.92 Å². The monoisotopic (exact) mass is 159 g/mol. The van der Waals surface area contributed by atoms with Gasteiger partial charge in [-0.1, -0.05) is 26.5 Å². The molecule has 2 heteroatoms. The Balaban J connectivity index is -0.000000405. The number of hydrogen-bond acceptors (Lipinski definition) is 1. The van der Waals surface area contributed by atoms with E-state index in [0.717, 1.165) is 5.70 Å². The molecule has 0 unspecified atom stereocenters. The first-order valence-corrected chi connectivity index (χ1v) is 3.66. The van der Waals surface area contributed by atoms with Crippen LogP contribution in [0.15, 0.2) is 24.0 Å². The number of allylic oxidation sites excluding steroid dienone is 3. The molecule has 0 aliphatic carbocycles. The van der Waals surface area contributed by atoms with Gasteiger partial charge < -0.3 is 10.8 Å². The lowest BCUT2D eigenvalue weighted by Gasteiger charge is -2.11. The first kappa shape index (κ1) is 12.9. The van der Waals surface area contributed by atoms with Crippen LogP contribution in [0.25, 0.3) is 0 Å². The van der Waals surface area contributed by atoms with Gasteiger partial charge >= 0.3 is 0 Å². The van der Waals surface area contributed by atoms with E-state index in [0.29, 0.717) is 5.92 Å². The Morgan fingerprint density at radius 2 is 2.00 bits per heavy atom. The highest BCUT2D eigenvalue weighted by atomic mass is 16.0. The van der Waals surface area contributed by atoms with Crippen LogP contribution in [0.5, 0.6) is 0 Å². The van der Waals surface area contributed by atoms with E-state index in [4.69, 9.17) is 0 Å². The molecule has 0 aliphatic rings. The maximum absolute atomic E-state index is 3.89. The lowest BCUT2D eigenvalue weighted by Crippen LogP contribution is -2.13. The van der Waals surface area contributed by atoms with Crippen molar-refractivity contribution in [1.29, 1.82) is 0 Å². The number of rotatable bonds is 3. The molecule has 68 valence electrons. The summed E-state index contributed by atoms with van der Waals surface area (Å²) < 4.78 is 0. The van der Waals surface area contributed by atoms with Crippen molar-refractivity contribution in [2.45, 2.75) is 27.7 Å². The minimum absolute atomic E-state index is 0. The van der Waals surface area contributed by atoms with Crippen LogP contribution >= 0.6 is 0 Å². The van der Waals surface area contributed by atoms with E-state index < -0.39 is 0 Å². The van der Waals surface area contributed by atoms with Crippen molar-refractivity contribution < 1.29 is 6.90 Å². The molecule has 0 aromatic heterocycles. The number of nitrogens with one attached hydrogen (secondary N) is 1. The van der Waals surface area contributed by atoms with E-state index in [2.05, 4.69) is 25.7 Å². The van der Waals surface area contributed by atoms with Gasteiger partial charge in [0.15, 0.2) is 0 Å². The second kappa shape index (κ2) is 5.98. The molecule has 0 amide bonds. The van der Waals surface area contributed by atoms with Gasteiger partial charge in [0.05, 0.1) is 0 Å². The zero-order chi connectivity index (χ0) is 8.15. The van der Waals surface area contributed by atoms with Gasteiger partial charge in [-0.25, -0.2) is 0 Å². The summed E-state index contributed by atoms with van der Waals surface area (Å²) in [7, 11) is 0. The lowest BCUT2D eigenvalue weighted by atomic mass is 10.1. The van der Waals surface area contributed by atoms with Crippen molar-refractivity contribution >= 4 is 0 Å². The predicted molar refractivity (Wildman–Crippen MR) is 52.3 cm³/mol. The number of hydrogen-bond donors (Lipinski definition) is 1. The van der Waals surface area contributed by atoms with Crippen molar-refractivity contribution in [1.82, 2.24) is 5.32 Å². The summed E-state index contributed by atoms with van der Waals surface area (Å²) in [6, 6.07) is 0. The molecular weight excluding hydrogens is 138 g/mol. The fourth-order valence-electron chi connectivity index (χ4n) is 0.470. The fourth-order valence-corrected chi connectivity index (χ4v) is 0.470. The van der Waals surface area contributed by atoms with Crippen LogP contribution in [0.3, 0.4) is 0 Å². The van der Waals surface area contributed by atoms with Crippen molar-refractivity contribution in [2.75, 3.05) is 0 Å². The molecule has 0 heterocycles. The summed E-state index contributed by atoms with van der Waals surface area (Å²) in [6.45, 7) is 12.2. The Hall–Kier alpha value is -0.760. The standard InChI is InChI=1S/C9H17N.H2O.H2/c1-6-8(4)10-9(5)7(2)3;;/h6-7,10H,5H2,1-4H3;1H2;1H/b8-6-;;. The maximum Gasteiger partial charge on any atom is 0.0101 e. The summed E-state index contributed by atoms with van der Waals surface area (Å²) in [6.07, 6.45) is 2.04. The minimum atomic E-state index is 0. The van der Waals surface area contributed by atoms with Crippen molar-refractivity contribution in [3.05, 3.63) is 24.0 Å². The largest absolute Gasteiger partial charge is 0.412 e. The van der Waals surface area contributed by atoms with Crippen LogP contribution in [0.4, 0.5) is 0 Å². The van der Waals surface area contributed by atoms with E-state index in [1.165, 1.54) is 5.70 Å². The minimum Gasteiger partial charge on any atom is -0.412 e. The topological polar surface area (TPSA) is 43.5 Å². The molecule has 0 atom stereocenters. The highest BCUT2D eigenvalue weighted by Gasteiger charge is 1.97. The molecule has 0 aromatic rings. The molecule has 11 heavy (non-hydrogen) atoms. The van der Waals surface area contributed by atoms with Gasteiger partial charge in [-0.15, -0.1) is 0 Å². The van der Waals surface area contributed by atoms with Crippen LogP contribution < -0.4 is 5.32 Å². The highest BCUT2D eigenvalue weighted by Crippen LogP contribution is 2.04. The Bertz CT molecular complexity index is 153. The molecule has 0 saturated heterocycles.